The zero-order valence-corrected chi connectivity index (χ0v) is 18.0. The number of ether oxygens (including phenoxy) is 1. The van der Waals surface area contributed by atoms with E-state index in [9.17, 15) is 4.79 Å². The van der Waals surface area contributed by atoms with E-state index in [1.54, 1.807) is 0 Å². The van der Waals surface area contributed by atoms with Crippen molar-refractivity contribution >= 4 is 17.5 Å². The number of carbonyl (C=O) groups is 1. The van der Waals surface area contributed by atoms with E-state index in [4.69, 9.17) is 16.3 Å². The predicted octanol–water partition coefficient (Wildman–Crippen LogP) is 5.72. The molecule has 0 unspecified atom stereocenters. The zero-order valence-electron chi connectivity index (χ0n) is 17.2. The Morgan fingerprint density at radius 2 is 1.97 bits per heavy atom. The lowest BCUT2D eigenvalue weighted by molar-refractivity contribution is -0.153. The Balaban J connectivity index is 1.57. The number of carbonyl (C=O) groups excluding carboxylic acids is 1. The van der Waals surface area contributed by atoms with Gasteiger partial charge in [0.15, 0.2) is 0 Å². The number of hydrogen-bond donors (Lipinski definition) is 1. The second-order valence-corrected chi connectivity index (χ2v) is 9.51. The van der Waals surface area contributed by atoms with Gasteiger partial charge in [-0.15, -0.1) is 0 Å². The summed E-state index contributed by atoms with van der Waals surface area (Å²) in [5.41, 5.74) is 1.85. The molecule has 0 aromatic heterocycles. The van der Waals surface area contributed by atoms with Crippen LogP contribution >= 0.6 is 11.6 Å². The Bertz CT molecular complexity index is 855. The van der Waals surface area contributed by atoms with Crippen LogP contribution < -0.4 is 5.32 Å². The summed E-state index contributed by atoms with van der Waals surface area (Å²) >= 11 is 6.25. The van der Waals surface area contributed by atoms with E-state index in [1.165, 1.54) is 6.42 Å². The lowest BCUT2D eigenvalue weighted by Gasteiger charge is -2.52. The average molecular weight is 412 g/mol. The van der Waals surface area contributed by atoms with Crippen LogP contribution in [-0.2, 0) is 16.0 Å². The van der Waals surface area contributed by atoms with Crippen molar-refractivity contribution in [3.63, 3.8) is 0 Å². The van der Waals surface area contributed by atoms with Gasteiger partial charge in [0, 0.05) is 22.9 Å². The molecular weight excluding hydrogens is 382 g/mol. The van der Waals surface area contributed by atoms with E-state index in [0.29, 0.717) is 18.3 Å². The molecule has 29 heavy (non-hydrogen) atoms. The zero-order chi connectivity index (χ0) is 20.4. The van der Waals surface area contributed by atoms with Crippen molar-refractivity contribution in [3.8, 4) is 0 Å². The third-order valence-corrected chi connectivity index (χ3v) is 6.91. The minimum atomic E-state index is -0.290. The summed E-state index contributed by atoms with van der Waals surface area (Å²) in [7, 11) is 0. The monoisotopic (exact) mass is 411 g/mol. The molecule has 154 valence electrons. The Morgan fingerprint density at radius 1 is 1.17 bits per heavy atom. The fourth-order valence-corrected chi connectivity index (χ4v) is 5.39. The van der Waals surface area contributed by atoms with Gasteiger partial charge >= 0.3 is 0 Å². The van der Waals surface area contributed by atoms with Crippen LogP contribution in [0.5, 0.6) is 0 Å². The molecule has 1 amide bonds. The molecule has 1 N–H and O–H groups in total. The summed E-state index contributed by atoms with van der Waals surface area (Å²) in [6, 6.07) is 17.9. The number of nitrogens with one attached hydrogen (secondary N) is 1. The van der Waals surface area contributed by atoms with Crippen LogP contribution in [0.4, 0.5) is 0 Å². The molecule has 2 aromatic rings. The largest absolute Gasteiger partial charge is 0.370 e. The number of hydrogen-bond acceptors (Lipinski definition) is 2. The van der Waals surface area contributed by atoms with E-state index >= 15 is 0 Å². The normalized spacial score (nSPS) is 31.7. The Kier molecular flexibility index (Phi) is 5.98. The van der Waals surface area contributed by atoms with Gasteiger partial charge in [0.1, 0.15) is 0 Å². The van der Waals surface area contributed by atoms with Crippen LogP contribution in [-0.4, -0.2) is 17.6 Å². The molecule has 1 saturated heterocycles. The molecule has 1 saturated carbocycles. The van der Waals surface area contributed by atoms with Crippen LogP contribution in [0.15, 0.2) is 54.6 Å². The van der Waals surface area contributed by atoms with Crippen molar-refractivity contribution in [3.05, 3.63) is 70.7 Å². The highest BCUT2D eigenvalue weighted by molar-refractivity contribution is 6.30. The second-order valence-electron chi connectivity index (χ2n) is 9.08. The van der Waals surface area contributed by atoms with E-state index in [0.717, 1.165) is 35.4 Å². The van der Waals surface area contributed by atoms with Crippen molar-refractivity contribution in [2.24, 2.45) is 11.8 Å². The number of halogens is 1. The Labute approximate surface area is 178 Å². The van der Waals surface area contributed by atoms with Gasteiger partial charge < -0.3 is 10.1 Å². The minimum absolute atomic E-state index is 0.0534. The SMILES string of the molecule is C[C@H]1CC[C@H]2[C@H](C1)O[C@H](c1cccc(Cl)c1)C[C@]2(C)NC(=O)Cc1ccccc1. The van der Waals surface area contributed by atoms with Crippen molar-refractivity contribution < 1.29 is 9.53 Å². The summed E-state index contributed by atoms with van der Waals surface area (Å²) in [6.07, 6.45) is 4.62. The maximum Gasteiger partial charge on any atom is 0.224 e. The quantitative estimate of drug-likeness (QED) is 0.698. The highest BCUT2D eigenvalue weighted by atomic mass is 35.5. The van der Waals surface area contributed by atoms with Crippen molar-refractivity contribution in [2.45, 2.75) is 63.7 Å². The third kappa shape index (κ3) is 4.67. The molecular formula is C25H30ClNO2. The third-order valence-electron chi connectivity index (χ3n) is 6.67. The maximum absolute atomic E-state index is 12.9. The van der Waals surface area contributed by atoms with Crippen LogP contribution in [0.2, 0.25) is 5.02 Å². The first-order valence-corrected chi connectivity index (χ1v) is 11.1. The molecule has 2 aliphatic rings. The topological polar surface area (TPSA) is 38.3 Å². The van der Waals surface area contributed by atoms with Crippen LogP contribution in [0, 0.1) is 11.8 Å². The molecule has 2 aromatic carbocycles. The summed E-state index contributed by atoms with van der Waals surface area (Å²) in [6.45, 7) is 4.51. The molecule has 3 nitrogen and oxygen atoms in total. The summed E-state index contributed by atoms with van der Waals surface area (Å²) in [5, 5.41) is 4.14. The van der Waals surface area contributed by atoms with Gasteiger partial charge in [-0.2, -0.15) is 0 Å². The molecule has 4 heteroatoms. The predicted molar refractivity (Wildman–Crippen MR) is 117 cm³/mol. The van der Waals surface area contributed by atoms with Crippen LogP contribution in [0.3, 0.4) is 0 Å². The van der Waals surface area contributed by atoms with Crippen LogP contribution in [0.25, 0.3) is 0 Å². The lowest BCUT2D eigenvalue weighted by Crippen LogP contribution is -2.60. The molecule has 0 spiro atoms. The van der Waals surface area contributed by atoms with Gasteiger partial charge in [-0.3, -0.25) is 4.79 Å². The highest BCUT2D eigenvalue weighted by Crippen LogP contribution is 2.48. The second kappa shape index (κ2) is 8.49. The highest BCUT2D eigenvalue weighted by Gasteiger charge is 2.49. The van der Waals surface area contributed by atoms with Crippen LogP contribution in [0.1, 0.15) is 56.8 Å². The van der Waals surface area contributed by atoms with Gasteiger partial charge in [0.2, 0.25) is 5.91 Å². The van der Waals surface area contributed by atoms with Gasteiger partial charge in [0.25, 0.3) is 0 Å². The summed E-state index contributed by atoms with van der Waals surface area (Å²) < 4.78 is 6.59. The first-order valence-electron chi connectivity index (χ1n) is 10.7. The van der Waals surface area contributed by atoms with E-state index < -0.39 is 0 Å². The van der Waals surface area contributed by atoms with E-state index in [-0.39, 0.29) is 23.7 Å². The molecule has 2 fully saturated rings. The number of benzene rings is 2. The number of rotatable bonds is 4. The maximum atomic E-state index is 12.9. The lowest BCUT2D eigenvalue weighted by atomic mass is 9.66. The molecule has 0 radical (unpaired) electrons. The fraction of sp³-hybridized carbons (Fsp3) is 0.480. The molecule has 1 heterocycles. The molecule has 4 rings (SSSR count). The Hall–Kier alpha value is -1.84. The summed E-state index contributed by atoms with van der Waals surface area (Å²) in [4.78, 5) is 12.9. The minimum Gasteiger partial charge on any atom is -0.370 e. The van der Waals surface area contributed by atoms with E-state index in [2.05, 4.69) is 25.2 Å². The van der Waals surface area contributed by atoms with Gasteiger partial charge in [-0.05, 0) is 48.9 Å². The molecule has 0 bridgehead atoms. The van der Waals surface area contributed by atoms with Gasteiger partial charge in [-0.25, -0.2) is 0 Å². The molecule has 5 atom stereocenters. The fourth-order valence-electron chi connectivity index (χ4n) is 5.19. The van der Waals surface area contributed by atoms with Crippen molar-refractivity contribution in [1.29, 1.82) is 0 Å². The van der Waals surface area contributed by atoms with Gasteiger partial charge in [-0.1, -0.05) is 67.4 Å². The average Bonchev–Trinajstić information content (AvgIpc) is 2.68. The van der Waals surface area contributed by atoms with Gasteiger partial charge in [0.05, 0.1) is 18.6 Å². The number of fused-ring (bicyclic) bond motifs is 1. The Morgan fingerprint density at radius 3 is 2.72 bits per heavy atom. The van der Waals surface area contributed by atoms with Crippen molar-refractivity contribution in [1.82, 2.24) is 5.32 Å². The first kappa shape index (κ1) is 20.4. The summed E-state index contributed by atoms with van der Waals surface area (Å²) in [5.74, 6) is 1.08. The smallest absolute Gasteiger partial charge is 0.224 e. The number of amides is 1. The van der Waals surface area contributed by atoms with Crippen molar-refractivity contribution in [2.75, 3.05) is 0 Å². The first-order chi connectivity index (χ1) is 13.9. The molecule has 1 aliphatic heterocycles. The van der Waals surface area contributed by atoms with E-state index in [1.807, 2.05) is 48.5 Å². The standard InChI is InChI=1S/C25H30ClNO2/c1-17-11-12-21-22(13-17)29-23(19-9-6-10-20(26)15-19)16-25(21,2)27-24(28)14-18-7-4-3-5-8-18/h3-10,15,17,21-23H,11-14,16H2,1-2H3,(H,27,28)/t17-,21-,22-,23-,25-/m0/s1. The molecule has 1 aliphatic carbocycles.